The molecule has 5 nitrogen and oxygen atoms in total. The number of piperidine rings is 1. The summed E-state index contributed by atoms with van der Waals surface area (Å²) in [4.78, 5) is 19.5. The van der Waals surface area contributed by atoms with Gasteiger partial charge in [0, 0.05) is 17.6 Å². The normalized spacial score (nSPS) is 21.6. The number of amides is 1. The number of carbonyl (C=O) groups is 1. The van der Waals surface area contributed by atoms with E-state index >= 15 is 0 Å². The smallest absolute Gasteiger partial charge is 0.236 e. The molecule has 1 saturated heterocycles. The predicted octanol–water partition coefficient (Wildman–Crippen LogP) is 4.30. The Morgan fingerprint density at radius 2 is 1.92 bits per heavy atom. The molecule has 1 N–H and O–H groups in total. The number of hydrogen-bond acceptors (Lipinski definition) is 4. The SMILES string of the molecule is CCc1ccc(-c2nc(S[C@@H](C)C(=O)N3[C@H](C)CCC[C@@H]3C)n[nH]2)cc1. The summed E-state index contributed by atoms with van der Waals surface area (Å²) in [5, 5.41) is 7.72. The van der Waals surface area contributed by atoms with Crippen LogP contribution < -0.4 is 0 Å². The summed E-state index contributed by atoms with van der Waals surface area (Å²) in [6, 6.07) is 8.95. The second kappa shape index (κ2) is 8.25. The molecule has 1 aliphatic rings. The van der Waals surface area contributed by atoms with Crippen LogP contribution in [0.3, 0.4) is 0 Å². The third-order valence-corrected chi connectivity index (χ3v) is 6.13. The quantitative estimate of drug-likeness (QED) is 0.795. The van der Waals surface area contributed by atoms with Gasteiger partial charge in [-0.05, 0) is 52.0 Å². The Morgan fingerprint density at radius 1 is 1.27 bits per heavy atom. The molecule has 26 heavy (non-hydrogen) atoms. The van der Waals surface area contributed by atoms with Crippen LogP contribution in [0.5, 0.6) is 0 Å². The standard InChI is InChI=1S/C20H28N4OS/c1-5-16-9-11-17(12-10-16)18-21-20(23-22-18)26-15(4)19(25)24-13(2)7-6-8-14(24)3/h9-15H,5-8H2,1-4H3,(H,21,22,23)/t13-,14+,15-/m0/s1. The lowest BCUT2D eigenvalue weighted by Crippen LogP contribution is -2.50. The third-order valence-electron chi connectivity index (χ3n) is 5.18. The highest BCUT2D eigenvalue weighted by Gasteiger charge is 2.32. The first-order chi connectivity index (χ1) is 12.5. The number of nitrogens with one attached hydrogen (secondary N) is 1. The Hall–Kier alpha value is -1.82. The number of rotatable bonds is 5. The van der Waals surface area contributed by atoms with Crippen LogP contribution in [0.4, 0.5) is 0 Å². The fraction of sp³-hybridized carbons (Fsp3) is 0.550. The number of benzene rings is 1. The molecular formula is C20H28N4OS. The molecule has 0 saturated carbocycles. The van der Waals surface area contributed by atoms with E-state index in [-0.39, 0.29) is 11.2 Å². The van der Waals surface area contributed by atoms with Crippen molar-refractivity contribution in [2.24, 2.45) is 0 Å². The first kappa shape index (κ1) is 19.0. The maximum absolute atomic E-state index is 12.9. The number of aromatic amines is 1. The fourth-order valence-electron chi connectivity index (χ4n) is 3.60. The lowest BCUT2D eigenvalue weighted by atomic mass is 9.97. The molecule has 140 valence electrons. The van der Waals surface area contributed by atoms with Crippen molar-refractivity contribution in [1.29, 1.82) is 0 Å². The average Bonchev–Trinajstić information content (AvgIpc) is 3.10. The molecule has 2 heterocycles. The highest BCUT2D eigenvalue weighted by molar-refractivity contribution is 8.00. The number of aromatic nitrogens is 3. The minimum absolute atomic E-state index is 0.188. The summed E-state index contributed by atoms with van der Waals surface area (Å²) in [7, 11) is 0. The van der Waals surface area contributed by atoms with E-state index in [9.17, 15) is 4.79 Å². The molecule has 0 spiro atoms. The number of hydrogen-bond donors (Lipinski definition) is 1. The van der Waals surface area contributed by atoms with Gasteiger partial charge in [-0.25, -0.2) is 4.98 Å². The molecule has 3 atom stereocenters. The first-order valence-corrected chi connectivity index (χ1v) is 10.4. The van der Waals surface area contributed by atoms with Crippen molar-refractivity contribution < 1.29 is 4.79 Å². The zero-order chi connectivity index (χ0) is 18.7. The average molecular weight is 373 g/mol. The van der Waals surface area contributed by atoms with Gasteiger partial charge < -0.3 is 4.90 Å². The van der Waals surface area contributed by atoms with E-state index in [4.69, 9.17) is 0 Å². The summed E-state index contributed by atoms with van der Waals surface area (Å²) in [5.74, 6) is 0.933. The van der Waals surface area contributed by atoms with E-state index in [2.05, 4.69) is 65.1 Å². The van der Waals surface area contributed by atoms with Crippen molar-refractivity contribution >= 4 is 17.7 Å². The third kappa shape index (κ3) is 4.11. The molecule has 0 radical (unpaired) electrons. The monoisotopic (exact) mass is 372 g/mol. The Bertz CT molecular complexity index is 733. The molecule has 0 unspecified atom stereocenters. The molecule has 1 aromatic heterocycles. The number of thioether (sulfide) groups is 1. The van der Waals surface area contributed by atoms with Crippen molar-refractivity contribution in [1.82, 2.24) is 20.1 Å². The van der Waals surface area contributed by atoms with Crippen LogP contribution in [0.15, 0.2) is 29.4 Å². The zero-order valence-electron chi connectivity index (χ0n) is 16.0. The van der Waals surface area contributed by atoms with Crippen LogP contribution in [0.1, 0.15) is 52.5 Å². The van der Waals surface area contributed by atoms with Crippen LogP contribution in [0.25, 0.3) is 11.4 Å². The van der Waals surface area contributed by atoms with Gasteiger partial charge in [-0.3, -0.25) is 9.89 Å². The molecule has 1 fully saturated rings. The summed E-state index contributed by atoms with van der Waals surface area (Å²) >= 11 is 1.43. The Labute approximate surface area is 160 Å². The largest absolute Gasteiger partial charge is 0.336 e. The molecule has 1 aromatic carbocycles. The highest BCUT2D eigenvalue weighted by Crippen LogP contribution is 2.28. The number of aryl methyl sites for hydroxylation is 1. The molecule has 0 aliphatic carbocycles. The van der Waals surface area contributed by atoms with Gasteiger partial charge in [0.2, 0.25) is 11.1 Å². The van der Waals surface area contributed by atoms with Gasteiger partial charge in [0.15, 0.2) is 5.82 Å². The van der Waals surface area contributed by atoms with E-state index in [0.717, 1.165) is 30.7 Å². The topological polar surface area (TPSA) is 61.9 Å². The van der Waals surface area contributed by atoms with Gasteiger partial charge in [0.1, 0.15) is 0 Å². The van der Waals surface area contributed by atoms with Crippen molar-refractivity contribution in [2.75, 3.05) is 0 Å². The Kier molecular flexibility index (Phi) is 6.01. The number of likely N-dealkylation sites (tertiary alicyclic amines) is 1. The van der Waals surface area contributed by atoms with Gasteiger partial charge >= 0.3 is 0 Å². The van der Waals surface area contributed by atoms with Crippen molar-refractivity contribution in [3.05, 3.63) is 29.8 Å². The second-order valence-corrected chi connectivity index (χ2v) is 8.46. The molecule has 3 rings (SSSR count). The van der Waals surface area contributed by atoms with Crippen molar-refractivity contribution in [3.8, 4) is 11.4 Å². The summed E-state index contributed by atoms with van der Waals surface area (Å²) < 4.78 is 0. The van der Waals surface area contributed by atoms with Crippen LogP contribution in [-0.4, -0.2) is 43.3 Å². The maximum atomic E-state index is 12.9. The minimum atomic E-state index is -0.191. The van der Waals surface area contributed by atoms with E-state index in [1.165, 1.54) is 23.7 Å². The van der Waals surface area contributed by atoms with E-state index < -0.39 is 0 Å². The lowest BCUT2D eigenvalue weighted by Gasteiger charge is -2.40. The highest BCUT2D eigenvalue weighted by atomic mass is 32.2. The Balaban J connectivity index is 1.67. The van der Waals surface area contributed by atoms with Crippen molar-refractivity contribution in [2.45, 2.75) is 75.9 Å². The maximum Gasteiger partial charge on any atom is 0.236 e. The molecular weight excluding hydrogens is 344 g/mol. The van der Waals surface area contributed by atoms with E-state index in [1.807, 2.05) is 6.92 Å². The Morgan fingerprint density at radius 3 is 2.54 bits per heavy atom. The van der Waals surface area contributed by atoms with Crippen molar-refractivity contribution in [3.63, 3.8) is 0 Å². The molecule has 1 aliphatic heterocycles. The molecule has 2 aromatic rings. The summed E-state index contributed by atoms with van der Waals surface area (Å²) in [5.41, 5.74) is 2.31. The van der Waals surface area contributed by atoms with E-state index in [0.29, 0.717) is 17.2 Å². The van der Waals surface area contributed by atoms with Gasteiger partial charge in [-0.2, -0.15) is 0 Å². The van der Waals surface area contributed by atoms with Crippen LogP contribution in [0, 0.1) is 0 Å². The van der Waals surface area contributed by atoms with Gasteiger partial charge in [0.25, 0.3) is 0 Å². The fourth-order valence-corrected chi connectivity index (χ4v) is 4.38. The molecule has 6 heteroatoms. The zero-order valence-corrected chi connectivity index (χ0v) is 16.8. The van der Waals surface area contributed by atoms with E-state index in [1.54, 1.807) is 0 Å². The second-order valence-electron chi connectivity index (χ2n) is 7.15. The number of nitrogens with zero attached hydrogens (tertiary/aromatic N) is 3. The van der Waals surface area contributed by atoms with Gasteiger partial charge in [0.05, 0.1) is 5.25 Å². The van der Waals surface area contributed by atoms with Gasteiger partial charge in [-0.15, -0.1) is 5.10 Å². The van der Waals surface area contributed by atoms with Gasteiger partial charge in [-0.1, -0.05) is 43.0 Å². The van der Waals surface area contributed by atoms with Crippen LogP contribution in [-0.2, 0) is 11.2 Å². The first-order valence-electron chi connectivity index (χ1n) is 9.50. The molecule has 1 amide bonds. The summed E-state index contributed by atoms with van der Waals surface area (Å²) in [6.45, 7) is 8.39. The van der Waals surface area contributed by atoms with Crippen LogP contribution >= 0.6 is 11.8 Å². The lowest BCUT2D eigenvalue weighted by molar-refractivity contribution is -0.136. The number of H-pyrrole nitrogens is 1. The van der Waals surface area contributed by atoms with Crippen LogP contribution in [0.2, 0.25) is 0 Å². The summed E-state index contributed by atoms with van der Waals surface area (Å²) in [6.07, 6.45) is 4.40. The molecule has 0 bridgehead atoms. The number of carbonyl (C=O) groups excluding carboxylic acids is 1. The minimum Gasteiger partial charge on any atom is -0.336 e. The predicted molar refractivity (Wildman–Crippen MR) is 106 cm³/mol.